The molecular formula is C23H30Cl2N4O2. The van der Waals surface area contributed by atoms with Gasteiger partial charge in [-0.25, -0.2) is 4.98 Å². The van der Waals surface area contributed by atoms with E-state index in [4.69, 9.17) is 21.1 Å². The van der Waals surface area contributed by atoms with Crippen LogP contribution in [-0.4, -0.2) is 61.3 Å². The minimum absolute atomic E-state index is 0. The number of ether oxygens (including phenoxy) is 2. The predicted octanol–water partition coefficient (Wildman–Crippen LogP) is 5.26. The van der Waals surface area contributed by atoms with Crippen LogP contribution in [0.1, 0.15) is 32.1 Å². The van der Waals surface area contributed by atoms with E-state index in [-0.39, 0.29) is 12.4 Å². The molecule has 2 fully saturated rings. The van der Waals surface area contributed by atoms with Gasteiger partial charge in [-0.2, -0.15) is 0 Å². The number of benzene rings is 1. The van der Waals surface area contributed by atoms with Gasteiger partial charge in [-0.05, 0) is 51.3 Å². The number of nitrogens with one attached hydrogen (secondary N) is 1. The molecule has 4 heterocycles. The van der Waals surface area contributed by atoms with E-state index < -0.39 is 0 Å². The molecule has 0 radical (unpaired) electrons. The molecule has 0 bridgehead atoms. The Balaban J connectivity index is 0.00000231. The Bertz CT molecular complexity index is 1040. The summed E-state index contributed by atoms with van der Waals surface area (Å²) in [5, 5.41) is 2.78. The maximum Gasteiger partial charge on any atom is 0.163 e. The Morgan fingerprint density at radius 1 is 1.06 bits per heavy atom. The highest BCUT2D eigenvalue weighted by molar-refractivity contribution is 6.36. The molecule has 6 nitrogen and oxygen atoms in total. The molecule has 168 valence electrons. The first-order valence-corrected chi connectivity index (χ1v) is 11.4. The van der Waals surface area contributed by atoms with Crippen molar-refractivity contribution in [3.63, 3.8) is 0 Å². The topological polar surface area (TPSA) is 53.6 Å². The van der Waals surface area contributed by atoms with Gasteiger partial charge in [-0.3, -0.25) is 0 Å². The first-order valence-electron chi connectivity index (χ1n) is 11.0. The molecule has 0 spiro atoms. The Morgan fingerprint density at radius 2 is 1.81 bits per heavy atom. The van der Waals surface area contributed by atoms with Crippen molar-refractivity contribution in [2.24, 2.45) is 0 Å². The van der Waals surface area contributed by atoms with E-state index in [1.807, 2.05) is 6.07 Å². The summed E-state index contributed by atoms with van der Waals surface area (Å²) in [6.45, 7) is 6.28. The predicted molar refractivity (Wildman–Crippen MR) is 130 cm³/mol. The fraction of sp³-hybridized carbons (Fsp3) is 0.522. The van der Waals surface area contributed by atoms with Gasteiger partial charge in [0.2, 0.25) is 0 Å². The van der Waals surface area contributed by atoms with Crippen LogP contribution in [-0.2, 0) is 0 Å². The lowest BCUT2D eigenvalue weighted by Crippen LogP contribution is -2.21. The maximum atomic E-state index is 6.51. The number of anilines is 1. The van der Waals surface area contributed by atoms with Crippen LogP contribution in [0.15, 0.2) is 18.3 Å². The fourth-order valence-corrected chi connectivity index (χ4v) is 4.97. The second-order valence-corrected chi connectivity index (χ2v) is 8.71. The molecule has 3 aromatic rings. The van der Waals surface area contributed by atoms with Crippen LogP contribution in [0.3, 0.4) is 0 Å². The highest BCUT2D eigenvalue weighted by atomic mass is 35.5. The molecule has 0 saturated carbocycles. The number of H-pyrrole nitrogens is 1. The van der Waals surface area contributed by atoms with E-state index in [2.05, 4.69) is 25.8 Å². The van der Waals surface area contributed by atoms with Crippen LogP contribution in [0.4, 0.5) is 5.82 Å². The highest BCUT2D eigenvalue weighted by Crippen LogP contribution is 2.41. The summed E-state index contributed by atoms with van der Waals surface area (Å²) >= 11 is 6.51. The number of hydrogen-bond donors (Lipinski definition) is 1. The first-order chi connectivity index (χ1) is 14.7. The third-order valence-corrected chi connectivity index (χ3v) is 6.61. The molecule has 31 heavy (non-hydrogen) atoms. The van der Waals surface area contributed by atoms with E-state index in [0.717, 1.165) is 65.2 Å². The SMILES string of the molecule is COc1cc2c(cc1OCCCN1CCCC1)[nH]c1c(Cl)cnc(N3CCCC3)c12.Cl. The third kappa shape index (κ3) is 4.38. The third-order valence-electron chi connectivity index (χ3n) is 6.33. The zero-order valence-electron chi connectivity index (χ0n) is 18.0. The monoisotopic (exact) mass is 464 g/mol. The van der Waals surface area contributed by atoms with Gasteiger partial charge in [-0.1, -0.05) is 11.6 Å². The van der Waals surface area contributed by atoms with Crippen molar-refractivity contribution in [3.05, 3.63) is 23.4 Å². The Kier molecular flexibility index (Phi) is 6.99. The number of methoxy groups -OCH3 is 1. The molecule has 1 N–H and O–H groups in total. The maximum absolute atomic E-state index is 6.51. The zero-order valence-corrected chi connectivity index (χ0v) is 19.5. The molecule has 0 unspecified atom stereocenters. The Hall–Kier alpha value is -1.89. The number of fused-ring (bicyclic) bond motifs is 3. The second-order valence-electron chi connectivity index (χ2n) is 8.30. The average Bonchev–Trinajstić information content (AvgIpc) is 3.52. The lowest BCUT2D eigenvalue weighted by molar-refractivity contribution is 0.254. The zero-order chi connectivity index (χ0) is 20.5. The van der Waals surface area contributed by atoms with Gasteiger partial charge in [0.25, 0.3) is 0 Å². The molecule has 2 aromatic heterocycles. The normalized spacial score (nSPS) is 16.9. The summed E-state index contributed by atoms with van der Waals surface area (Å²) < 4.78 is 11.8. The number of hydrogen-bond acceptors (Lipinski definition) is 5. The summed E-state index contributed by atoms with van der Waals surface area (Å²) in [5.41, 5.74) is 1.92. The van der Waals surface area contributed by atoms with Gasteiger partial charge in [0.1, 0.15) is 5.82 Å². The molecule has 2 aliphatic heterocycles. The number of likely N-dealkylation sites (tertiary alicyclic amines) is 1. The quantitative estimate of drug-likeness (QED) is 0.482. The lowest BCUT2D eigenvalue weighted by Gasteiger charge is -2.18. The largest absolute Gasteiger partial charge is 0.493 e. The molecule has 2 saturated heterocycles. The Labute approximate surface area is 194 Å². The van der Waals surface area contributed by atoms with Crippen molar-refractivity contribution in [2.75, 3.05) is 51.3 Å². The van der Waals surface area contributed by atoms with Gasteiger partial charge < -0.3 is 24.3 Å². The minimum atomic E-state index is 0. The number of aromatic nitrogens is 2. The molecule has 0 amide bonds. The van der Waals surface area contributed by atoms with Crippen LogP contribution >= 0.6 is 24.0 Å². The van der Waals surface area contributed by atoms with Crippen LogP contribution < -0.4 is 14.4 Å². The standard InChI is InChI=1S/C23H29ClN4O2.ClH/c1-29-19-13-16-18(14-20(19)30-12-6-9-27-7-2-3-8-27)26-22-17(24)15-25-23(21(16)22)28-10-4-5-11-28;/h13-15,26H,2-12H2,1H3;1H. The summed E-state index contributed by atoms with van der Waals surface area (Å²) in [5.74, 6) is 2.51. The van der Waals surface area contributed by atoms with Crippen molar-refractivity contribution in [1.29, 1.82) is 0 Å². The second kappa shape index (κ2) is 9.72. The van der Waals surface area contributed by atoms with Gasteiger partial charge in [0.05, 0.1) is 41.4 Å². The van der Waals surface area contributed by atoms with Gasteiger partial charge in [0.15, 0.2) is 11.5 Å². The van der Waals surface area contributed by atoms with E-state index in [9.17, 15) is 0 Å². The number of pyridine rings is 1. The van der Waals surface area contributed by atoms with E-state index in [1.54, 1.807) is 13.3 Å². The van der Waals surface area contributed by atoms with E-state index >= 15 is 0 Å². The molecule has 0 atom stereocenters. The first kappa shape index (κ1) is 22.3. The summed E-state index contributed by atoms with van der Waals surface area (Å²) in [6.07, 6.45) is 7.81. The minimum Gasteiger partial charge on any atom is -0.493 e. The van der Waals surface area contributed by atoms with Crippen molar-refractivity contribution in [3.8, 4) is 11.5 Å². The van der Waals surface area contributed by atoms with E-state index in [1.165, 1.54) is 38.8 Å². The highest BCUT2D eigenvalue weighted by Gasteiger charge is 2.22. The summed E-state index contributed by atoms with van der Waals surface area (Å²) in [4.78, 5) is 13.0. The molecule has 0 aliphatic carbocycles. The van der Waals surface area contributed by atoms with Crippen LogP contribution in [0.25, 0.3) is 21.8 Å². The number of halogens is 2. The van der Waals surface area contributed by atoms with Crippen molar-refractivity contribution < 1.29 is 9.47 Å². The van der Waals surface area contributed by atoms with Crippen LogP contribution in [0.2, 0.25) is 5.02 Å². The van der Waals surface area contributed by atoms with Crippen molar-refractivity contribution >= 4 is 51.6 Å². The van der Waals surface area contributed by atoms with Crippen LogP contribution in [0, 0.1) is 0 Å². The molecule has 8 heteroatoms. The van der Waals surface area contributed by atoms with Crippen molar-refractivity contribution in [1.82, 2.24) is 14.9 Å². The number of aromatic amines is 1. The summed E-state index contributed by atoms with van der Waals surface area (Å²) in [6, 6.07) is 4.09. The van der Waals surface area contributed by atoms with E-state index in [0.29, 0.717) is 11.6 Å². The average molecular weight is 465 g/mol. The number of nitrogens with zero attached hydrogens (tertiary/aromatic N) is 3. The lowest BCUT2D eigenvalue weighted by atomic mass is 10.1. The summed E-state index contributed by atoms with van der Waals surface area (Å²) in [7, 11) is 1.69. The molecule has 5 rings (SSSR count). The van der Waals surface area contributed by atoms with Gasteiger partial charge in [0, 0.05) is 31.1 Å². The Morgan fingerprint density at radius 3 is 2.55 bits per heavy atom. The molecule has 2 aliphatic rings. The van der Waals surface area contributed by atoms with Gasteiger partial charge >= 0.3 is 0 Å². The van der Waals surface area contributed by atoms with Crippen LogP contribution in [0.5, 0.6) is 11.5 Å². The fourth-order valence-electron chi connectivity index (χ4n) is 4.78. The smallest absolute Gasteiger partial charge is 0.163 e. The number of rotatable bonds is 7. The van der Waals surface area contributed by atoms with Gasteiger partial charge in [-0.15, -0.1) is 12.4 Å². The van der Waals surface area contributed by atoms with Crippen molar-refractivity contribution in [2.45, 2.75) is 32.1 Å². The molecular weight excluding hydrogens is 435 g/mol. The molecule has 1 aromatic carbocycles.